The highest BCUT2D eigenvalue weighted by Crippen LogP contribution is 2.26. The first-order chi connectivity index (χ1) is 12.2. The smallest absolute Gasteiger partial charge is 0.268 e. The molecule has 0 aliphatic carbocycles. The van der Waals surface area contributed by atoms with Crippen LogP contribution in [0.5, 0.6) is 0 Å². The molecule has 0 aliphatic rings. The van der Waals surface area contributed by atoms with Gasteiger partial charge in [-0.2, -0.15) is 9.67 Å². The average Bonchev–Trinajstić information content (AvgIpc) is 3.36. The summed E-state index contributed by atoms with van der Waals surface area (Å²) in [6.45, 7) is 4.13. The number of benzene rings is 1. The van der Waals surface area contributed by atoms with Crippen LogP contribution in [0.25, 0.3) is 16.5 Å². The van der Waals surface area contributed by atoms with Crippen LogP contribution in [0.2, 0.25) is 0 Å². The van der Waals surface area contributed by atoms with Crippen LogP contribution in [-0.2, 0) is 5.75 Å². The van der Waals surface area contributed by atoms with E-state index in [2.05, 4.69) is 45.6 Å². The lowest BCUT2D eigenvalue weighted by Crippen LogP contribution is -2.02. The van der Waals surface area contributed by atoms with E-state index in [0.717, 1.165) is 16.1 Å². The summed E-state index contributed by atoms with van der Waals surface area (Å²) in [5.74, 6) is 1.68. The van der Waals surface area contributed by atoms with Crippen molar-refractivity contribution in [3.05, 3.63) is 52.7 Å². The maximum absolute atomic E-state index is 5.31. The van der Waals surface area contributed by atoms with Crippen LogP contribution in [0, 0.1) is 13.8 Å². The zero-order valence-corrected chi connectivity index (χ0v) is 15.2. The van der Waals surface area contributed by atoms with Gasteiger partial charge in [0.15, 0.2) is 5.82 Å². The van der Waals surface area contributed by atoms with E-state index in [-0.39, 0.29) is 0 Å². The van der Waals surface area contributed by atoms with Crippen molar-refractivity contribution in [3.8, 4) is 16.5 Å². The molecule has 0 saturated carbocycles. The van der Waals surface area contributed by atoms with Gasteiger partial charge in [0.1, 0.15) is 0 Å². The van der Waals surface area contributed by atoms with Gasteiger partial charge < -0.3 is 4.52 Å². The molecule has 7 nitrogen and oxygen atoms in total. The van der Waals surface area contributed by atoms with Crippen LogP contribution in [-0.4, -0.2) is 30.3 Å². The quantitative estimate of drug-likeness (QED) is 0.496. The molecular weight excluding hydrogens is 356 g/mol. The average molecular weight is 370 g/mol. The second-order valence-corrected chi connectivity index (χ2v) is 7.26. The molecule has 0 fully saturated rings. The Labute approximate surface area is 152 Å². The predicted molar refractivity (Wildman–Crippen MR) is 95.8 cm³/mol. The third kappa shape index (κ3) is 3.20. The van der Waals surface area contributed by atoms with Crippen molar-refractivity contribution in [2.24, 2.45) is 0 Å². The normalized spacial score (nSPS) is 11.1. The maximum atomic E-state index is 5.31. The third-order valence-corrected chi connectivity index (χ3v) is 5.55. The van der Waals surface area contributed by atoms with E-state index < -0.39 is 0 Å². The summed E-state index contributed by atoms with van der Waals surface area (Å²) in [5.41, 5.74) is 3.32. The Morgan fingerprint density at radius 1 is 1.20 bits per heavy atom. The molecule has 3 heterocycles. The highest BCUT2D eigenvalue weighted by Gasteiger charge is 2.15. The minimum Gasteiger partial charge on any atom is -0.333 e. The number of rotatable bonds is 5. The molecule has 4 rings (SSSR count). The fourth-order valence-electron chi connectivity index (χ4n) is 2.33. The standard InChI is InChI=1S/C16H14N6OS2/c1-10-5-3-6-12(11(10)2)22-16(18-20-21-22)25-9-14-17-15(23-19-14)13-7-4-8-24-13/h3-8H,9H2,1-2H3. The van der Waals surface area contributed by atoms with Gasteiger partial charge in [0.05, 0.1) is 16.3 Å². The molecule has 0 amide bonds. The van der Waals surface area contributed by atoms with E-state index in [1.54, 1.807) is 16.0 Å². The van der Waals surface area contributed by atoms with Crippen molar-refractivity contribution in [2.75, 3.05) is 0 Å². The Morgan fingerprint density at radius 3 is 2.96 bits per heavy atom. The topological polar surface area (TPSA) is 82.5 Å². The van der Waals surface area contributed by atoms with E-state index in [4.69, 9.17) is 4.52 Å². The fraction of sp³-hybridized carbons (Fsp3) is 0.188. The highest BCUT2D eigenvalue weighted by atomic mass is 32.2. The van der Waals surface area contributed by atoms with Crippen molar-refractivity contribution in [1.29, 1.82) is 0 Å². The second kappa shape index (κ2) is 6.77. The number of aryl methyl sites for hydroxylation is 1. The van der Waals surface area contributed by atoms with Gasteiger partial charge in [-0.15, -0.1) is 16.4 Å². The van der Waals surface area contributed by atoms with Crippen molar-refractivity contribution in [1.82, 2.24) is 30.3 Å². The van der Waals surface area contributed by atoms with Gasteiger partial charge in [-0.25, -0.2) is 0 Å². The minimum atomic E-state index is 0.528. The van der Waals surface area contributed by atoms with Crippen molar-refractivity contribution in [3.63, 3.8) is 0 Å². The molecule has 0 radical (unpaired) electrons. The van der Waals surface area contributed by atoms with Crippen LogP contribution in [0.4, 0.5) is 0 Å². The zero-order chi connectivity index (χ0) is 17.2. The predicted octanol–water partition coefficient (Wildman–Crippen LogP) is 3.68. The summed E-state index contributed by atoms with van der Waals surface area (Å²) in [6.07, 6.45) is 0. The number of thioether (sulfide) groups is 1. The van der Waals surface area contributed by atoms with Crippen molar-refractivity contribution < 1.29 is 4.52 Å². The maximum Gasteiger partial charge on any atom is 0.268 e. The zero-order valence-electron chi connectivity index (χ0n) is 13.6. The van der Waals surface area contributed by atoms with E-state index >= 15 is 0 Å². The summed E-state index contributed by atoms with van der Waals surface area (Å²) >= 11 is 3.04. The molecule has 126 valence electrons. The minimum absolute atomic E-state index is 0.528. The monoisotopic (exact) mass is 370 g/mol. The molecule has 1 aromatic carbocycles. The highest BCUT2D eigenvalue weighted by molar-refractivity contribution is 7.98. The summed E-state index contributed by atoms with van der Waals surface area (Å²) in [6, 6.07) is 9.99. The molecule has 9 heteroatoms. The largest absolute Gasteiger partial charge is 0.333 e. The van der Waals surface area contributed by atoms with E-state index in [9.17, 15) is 0 Å². The van der Waals surface area contributed by atoms with Crippen LogP contribution < -0.4 is 0 Å². The Balaban J connectivity index is 1.53. The lowest BCUT2D eigenvalue weighted by Gasteiger charge is -2.08. The lowest BCUT2D eigenvalue weighted by molar-refractivity contribution is 0.426. The van der Waals surface area contributed by atoms with Crippen LogP contribution in [0.15, 0.2) is 45.4 Å². The first-order valence-corrected chi connectivity index (χ1v) is 9.43. The number of nitrogens with zero attached hydrogens (tertiary/aromatic N) is 6. The van der Waals surface area contributed by atoms with E-state index in [1.165, 1.54) is 17.3 Å². The Kier molecular flexibility index (Phi) is 4.33. The second-order valence-electron chi connectivity index (χ2n) is 5.37. The Bertz CT molecular complexity index is 992. The van der Waals surface area contributed by atoms with E-state index in [1.807, 2.05) is 29.6 Å². The summed E-state index contributed by atoms with van der Waals surface area (Å²) in [4.78, 5) is 5.38. The molecule has 0 atom stereocenters. The van der Waals surface area contributed by atoms with E-state index in [0.29, 0.717) is 22.6 Å². The van der Waals surface area contributed by atoms with Crippen LogP contribution in [0.3, 0.4) is 0 Å². The number of thiophene rings is 1. The summed E-state index contributed by atoms with van der Waals surface area (Å²) in [7, 11) is 0. The number of hydrogen-bond acceptors (Lipinski definition) is 8. The fourth-order valence-corrected chi connectivity index (χ4v) is 3.70. The molecule has 4 aromatic rings. The third-order valence-electron chi connectivity index (χ3n) is 3.78. The molecular formula is C16H14N6OS2. The van der Waals surface area contributed by atoms with Gasteiger partial charge in [-0.3, -0.25) is 0 Å². The SMILES string of the molecule is Cc1cccc(-n2nnnc2SCc2noc(-c3cccs3)n2)c1C. The van der Waals surface area contributed by atoms with Crippen LogP contribution in [0.1, 0.15) is 17.0 Å². The molecule has 0 aliphatic heterocycles. The van der Waals surface area contributed by atoms with Crippen molar-refractivity contribution in [2.45, 2.75) is 24.8 Å². The molecule has 0 bridgehead atoms. The summed E-state index contributed by atoms with van der Waals surface area (Å²) in [5, 5.41) is 18.7. The molecule has 25 heavy (non-hydrogen) atoms. The van der Waals surface area contributed by atoms with Gasteiger partial charge in [0.25, 0.3) is 5.89 Å². The number of aromatic nitrogens is 6. The van der Waals surface area contributed by atoms with Gasteiger partial charge >= 0.3 is 0 Å². The van der Waals surface area contributed by atoms with Gasteiger partial charge in [-0.05, 0) is 52.9 Å². The lowest BCUT2D eigenvalue weighted by atomic mass is 10.1. The molecule has 0 N–H and O–H groups in total. The first kappa shape index (κ1) is 16.0. The molecule has 3 aromatic heterocycles. The van der Waals surface area contributed by atoms with Crippen molar-refractivity contribution >= 4 is 23.1 Å². The van der Waals surface area contributed by atoms with Gasteiger partial charge in [-0.1, -0.05) is 35.1 Å². The molecule has 0 unspecified atom stereocenters. The van der Waals surface area contributed by atoms with Gasteiger partial charge in [0.2, 0.25) is 5.16 Å². The van der Waals surface area contributed by atoms with Crippen LogP contribution >= 0.6 is 23.1 Å². The van der Waals surface area contributed by atoms with Gasteiger partial charge in [0, 0.05) is 0 Å². The molecule has 0 spiro atoms. The first-order valence-electron chi connectivity index (χ1n) is 7.56. The molecule has 0 saturated heterocycles. The number of hydrogen-bond donors (Lipinski definition) is 0. The number of tetrazole rings is 1. The summed E-state index contributed by atoms with van der Waals surface area (Å²) < 4.78 is 7.05. The Hall–Kier alpha value is -2.52. The Morgan fingerprint density at radius 2 is 2.12 bits per heavy atom.